The average molecular weight is 259 g/mol. The highest BCUT2D eigenvalue weighted by molar-refractivity contribution is 5.80. The van der Waals surface area contributed by atoms with Crippen LogP contribution < -0.4 is 0 Å². The van der Waals surface area contributed by atoms with E-state index in [0.29, 0.717) is 13.0 Å². The van der Waals surface area contributed by atoms with E-state index >= 15 is 0 Å². The number of carboxylic acids is 1. The first-order chi connectivity index (χ1) is 8.58. The molecule has 0 aliphatic carbocycles. The van der Waals surface area contributed by atoms with Gasteiger partial charge >= 0.3 is 12.1 Å². The molecule has 0 fully saturated rings. The van der Waals surface area contributed by atoms with Gasteiger partial charge in [-0.1, -0.05) is 33.1 Å². The molecule has 1 N–H and O–H groups in total. The van der Waals surface area contributed by atoms with Crippen molar-refractivity contribution in [3.63, 3.8) is 0 Å². The molecule has 106 valence electrons. The molecule has 0 saturated heterocycles. The van der Waals surface area contributed by atoms with Gasteiger partial charge in [-0.2, -0.15) is 0 Å². The third-order valence-corrected chi connectivity index (χ3v) is 2.75. The Morgan fingerprint density at radius 3 is 2.22 bits per heavy atom. The standard InChI is InChI=1S/C13H25NO4/c1-4-7-9-11(12(15)16)14(10-8-5-2)13(17)18-6-3/h11H,4-10H2,1-3H3,(H,15,16). The number of carbonyl (C=O) groups excluding carboxylic acids is 1. The third-order valence-electron chi connectivity index (χ3n) is 2.75. The predicted octanol–water partition coefficient (Wildman–Crippen LogP) is 2.89. The number of amides is 1. The van der Waals surface area contributed by atoms with Crippen LogP contribution in [0.2, 0.25) is 0 Å². The molecule has 0 saturated carbocycles. The first-order valence-corrected chi connectivity index (χ1v) is 6.74. The van der Waals surface area contributed by atoms with E-state index in [9.17, 15) is 14.7 Å². The van der Waals surface area contributed by atoms with Crippen LogP contribution >= 0.6 is 0 Å². The highest BCUT2D eigenvalue weighted by atomic mass is 16.6. The van der Waals surface area contributed by atoms with Crippen molar-refractivity contribution >= 4 is 12.1 Å². The van der Waals surface area contributed by atoms with Gasteiger partial charge in [-0.05, 0) is 19.8 Å². The highest BCUT2D eigenvalue weighted by Gasteiger charge is 2.29. The molecule has 0 radical (unpaired) electrons. The summed E-state index contributed by atoms with van der Waals surface area (Å²) in [6.07, 6.45) is 3.36. The van der Waals surface area contributed by atoms with Gasteiger partial charge in [-0.3, -0.25) is 4.90 Å². The van der Waals surface area contributed by atoms with Gasteiger partial charge in [0.2, 0.25) is 0 Å². The van der Waals surface area contributed by atoms with Gasteiger partial charge in [0.05, 0.1) is 6.61 Å². The number of aliphatic carboxylic acids is 1. The van der Waals surface area contributed by atoms with Crippen LogP contribution in [0, 0.1) is 0 Å². The molecule has 0 aliphatic rings. The van der Waals surface area contributed by atoms with E-state index < -0.39 is 18.1 Å². The zero-order valence-corrected chi connectivity index (χ0v) is 11.6. The molecular weight excluding hydrogens is 234 g/mol. The molecule has 5 nitrogen and oxygen atoms in total. The zero-order chi connectivity index (χ0) is 14.0. The quantitative estimate of drug-likeness (QED) is 0.691. The van der Waals surface area contributed by atoms with E-state index in [4.69, 9.17) is 4.74 Å². The summed E-state index contributed by atoms with van der Waals surface area (Å²) in [6, 6.07) is -0.768. The van der Waals surface area contributed by atoms with Crippen molar-refractivity contribution in [2.45, 2.75) is 58.9 Å². The Bertz CT molecular complexity index is 255. The topological polar surface area (TPSA) is 66.8 Å². The summed E-state index contributed by atoms with van der Waals surface area (Å²) in [5.74, 6) is -0.951. The van der Waals surface area contributed by atoms with Crippen LogP contribution in [0.15, 0.2) is 0 Å². The molecule has 0 rings (SSSR count). The van der Waals surface area contributed by atoms with Gasteiger partial charge in [0.1, 0.15) is 6.04 Å². The molecular formula is C13H25NO4. The van der Waals surface area contributed by atoms with E-state index in [1.807, 2.05) is 13.8 Å². The maximum atomic E-state index is 11.8. The second kappa shape index (κ2) is 9.74. The molecule has 0 bridgehead atoms. The zero-order valence-electron chi connectivity index (χ0n) is 11.6. The fraction of sp³-hybridized carbons (Fsp3) is 0.846. The second-order valence-electron chi connectivity index (χ2n) is 4.24. The number of rotatable bonds is 9. The van der Waals surface area contributed by atoms with Crippen LogP contribution in [0.25, 0.3) is 0 Å². The smallest absolute Gasteiger partial charge is 0.410 e. The molecule has 0 heterocycles. The minimum absolute atomic E-state index is 0.265. The van der Waals surface area contributed by atoms with Gasteiger partial charge in [-0.15, -0.1) is 0 Å². The number of hydrogen-bond acceptors (Lipinski definition) is 3. The van der Waals surface area contributed by atoms with Crippen LogP contribution in [0.4, 0.5) is 4.79 Å². The van der Waals surface area contributed by atoms with Crippen molar-refractivity contribution in [3.8, 4) is 0 Å². The Labute approximate surface area is 109 Å². The van der Waals surface area contributed by atoms with Gasteiger partial charge in [0.15, 0.2) is 0 Å². The molecule has 1 unspecified atom stereocenters. The Balaban J connectivity index is 4.72. The number of nitrogens with zero attached hydrogens (tertiary/aromatic N) is 1. The first-order valence-electron chi connectivity index (χ1n) is 6.74. The monoisotopic (exact) mass is 259 g/mol. The van der Waals surface area contributed by atoms with Crippen molar-refractivity contribution in [1.29, 1.82) is 0 Å². The summed E-state index contributed by atoms with van der Waals surface area (Å²) in [7, 11) is 0. The van der Waals surface area contributed by atoms with Crippen LogP contribution in [0.1, 0.15) is 52.9 Å². The van der Waals surface area contributed by atoms with Crippen LogP contribution in [0.5, 0.6) is 0 Å². The lowest BCUT2D eigenvalue weighted by atomic mass is 10.1. The average Bonchev–Trinajstić information content (AvgIpc) is 2.33. The van der Waals surface area contributed by atoms with E-state index in [0.717, 1.165) is 25.7 Å². The lowest BCUT2D eigenvalue weighted by Gasteiger charge is -2.28. The second-order valence-corrected chi connectivity index (χ2v) is 4.24. The number of carboxylic acid groups (broad SMARTS) is 1. The van der Waals surface area contributed by atoms with Crippen LogP contribution in [-0.4, -0.2) is 41.3 Å². The third kappa shape index (κ3) is 5.89. The van der Waals surface area contributed by atoms with Crippen molar-refractivity contribution in [3.05, 3.63) is 0 Å². The summed E-state index contributed by atoms with van der Waals surface area (Å²) >= 11 is 0. The minimum atomic E-state index is -0.951. The summed E-state index contributed by atoms with van der Waals surface area (Å²) in [6.45, 7) is 6.43. The Morgan fingerprint density at radius 2 is 1.78 bits per heavy atom. The fourth-order valence-electron chi connectivity index (χ4n) is 1.72. The predicted molar refractivity (Wildman–Crippen MR) is 69.6 cm³/mol. The molecule has 0 aliphatic heterocycles. The summed E-state index contributed by atoms with van der Waals surface area (Å²) < 4.78 is 4.94. The van der Waals surface area contributed by atoms with Crippen molar-refractivity contribution < 1.29 is 19.4 Å². The normalized spacial score (nSPS) is 11.9. The molecule has 1 atom stereocenters. The van der Waals surface area contributed by atoms with Crippen molar-refractivity contribution in [1.82, 2.24) is 4.90 Å². The van der Waals surface area contributed by atoms with Crippen LogP contribution in [-0.2, 0) is 9.53 Å². The molecule has 5 heteroatoms. The number of carbonyl (C=O) groups is 2. The van der Waals surface area contributed by atoms with E-state index in [1.54, 1.807) is 6.92 Å². The van der Waals surface area contributed by atoms with Gasteiger partial charge in [0, 0.05) is 6.54 Å². The number of unbranched alkanes of at least 4 members (excludes halogenated alkanes) is 2. The van der Waals surface area contributed by atoms with Gasteiger partial charge in [0.25, 0.3) is 0 Å². The number of ether oxygens (including phenoxy) is 1. The summed E-state index contributed by atoms with van der Waals surface area (Å²) in [5, 5.41) is 9.24. The number of hydrogen-bond donors (Lipinski definition) is 1. The molecule has 0 spiro atoms. The Hall–Kier alpha value is -1.26. The molecule has 0 aromatic heterocycles. The van der Waals surface area contributed by atoms with E-state index in [-0.39, 0.29) is 6.61 Å². The first kappa shape index (κ1) is 16.7. The van der Waals surface area contributed by atoms with Gasteiger partial charge < -0.3 is 9.84 Å². The molecule has 0 aromatic carbocycles. The minimum Gasteiger partial charge on any atom is -0.480 e. The van der Waals surface area contributed by atoms with Crippen molar-refractivity contribution in [2.24, 2.45) is 0 Å². The maximum absolute atomic E-state index is 11.8. The van der Waals surface area contributed by atoms with E-state index in [2.05, 4.69) is 0 Å². The summed E-state index contributed by atoms with van der Waals surface area (Å²) in [4.78, 5) is 24.4. The lowest BCUT2D eigenvalue weighted by Crippen LogP contribution is -2.45. The lowest BCUT2D eigenvalue weighted by molar-refractivity contribution is -0.143. The largest absolute Gasteiger partial charge is 0.480 e. The molecule has 18 heavy (non-hydrogen) atoms. The summed E-state index contributed by atoms with van der Waals surface area (Å²) in [5.41, 5.74) is 0. The van der Waals surface area contributed by atoms with Crippen molar-refractivity contribution in [2.75, 3.05) is 13.2 Å². The molecule has 1 amide bonds. The van der Waals surface area contributed by atoms with Gasteiger partial charge in [-0.25, -0.2) is 9.59 Å². The highest BCUT2D eigenvalue weighted by Crippen LogP contribution is 2.12. The fourth-order valence-corrected chi connectivity index (χ4v) is 1.72. The Morgan fingerprint density at radius 1 is 1.17 bits per heavy atom. The van der Waals surface area contributed by atoms with E-state index in [1.165, 1.54) is 4.90 Å². The molecule has 0 aromatic rings. The SMILES string of the molecule is CCCCC(C(=O)O)N(CCCC)C(=O)OCC. The maximum Gasteiger partial charge on any atom is 0.410 e. The Kier molecular flexibility index (Phi) is 9.06. The van der Waals surface area contributed by atoms with Crippen LogP contribution in [0.3, 0.4) is 0 Å².